The summed E-state index contributed by atoms with van der Waals surface area (Å²) in [5.74, 6) is -3.23. The van der Waals surface area contributed by atoms with Crippen LogP contribution in [0, 0.1) is 23.5 Å². The van der Waals surface area contributed by atoms with Gasteiger partial charge in [0.1, 0.15) is 0 Å². The third-order valence-corrected chi connectivity index (χ3v) is 8.73. The third-order valence-electron chi connectivity index (χ3n) is 8.41. The number of halogens is 4. The summed E-state index contributed by atoms with van der Waals surface area (Å²) < 4.78 is 35.0. The highest BCUT2D eigenvalue weighted by molar-refractivity contribution is 6.34. The number of aliphatic hydroxyl groups excluding tert-OH is 1. The van der Waals surface area contributed by atoms with Gasteiger partial charge < -0.3 is 35.3 Å². The van der Waals surface area contributed by atoms with Crippen molar-refractivity contribution in [2.45, 2.75) is 24.6 Å². The Hall–Kier alpha value is -3.78. The minimum absolute atomic E-state index is 0. The molecule has 2 aromatic carbocycles. The zero-order chi connectivity index (χ0) is 30.6. The molecule has 15 heteroatoms. The lowest BCUT2D eigenvalue weighted by molar-refractivity contribution is -0.132. The number of benzene rings is 2. The SMILES string of the molecule is COc1ccc(-c2cnc(C(=O)Nc3ccc(C(=O)NC4C5CN(C(=O)[C@@H]6C[C@@H](O)CN6)CC54)c(Cl)c3)n2C)c(F)c1F.Cl. The van der Waals surface area contributed by atoms with Gasteiger partial charge in [0.2, 0.25) is 11.7 Å². The fourth-order valence-corrected chi connectivity index (χ4v) is 6.26. The lowest BCUT2D eigenvalue weighted by atomic mass is 10.1. The van der Waals surface area contributed by atoms with Crippen LogP contribution in [0.25, 0.3) is 11.3 Å². The first-order valence-corrected chi connectivity index (χ1v) is 14.1. The van der Waals surface area contributed by atoms with Gasteiger partial charge >= 0.3 is 0 Å². The van der Waals surface area contributed by atoms with Gasteiger partial charge in [0.25, 0.3) is 11.8 Å². The van der Waals surface area contributed by atoms with Crippen LogP contribution in [0.15, 0.2) is 36.5 Å². The van der Waals surface area contributed by atoms with E-state index in [2.05, 4.69) is 20.9 Å². The van der Waals surface area contributed by atoms with Crippen molar-refractivity contribution >= 4 is 47.4 Å². The molecule has 3 fully saturated rings. The lowest BCUT2D eigenvalue weighted by Crippen LogP contribution is -2.45. The molecule has 44 heavy (non-hydrogen) atoms. The van der Waals surface area contributed by atoms with Crippen molar-refractivity contribution in [1.82, 2.24) is 25.1 Å². The summed E-state index contributed by atoms with van der Waals surface area (Å²) in [6.45, 7) is 1.52. The number of carbonyl (C=O) groups is 3. The van der Waals surface area contributed by atoms with Gasteiger partial charge in [-0.05, 0) is 36.8 Å². The Morgan fingerprint density at radius 1 is 1.11 bits per heavy atom. The summed E-state index contributed by atoms with van der Waals surface area (Å²) in [6.07, 6.45) is 1.17. The lowest BCUT2D eigenvalue weighted by Gasteiger charge is -2.23. The quantitative estimate of drug-likeness (QED) is 0.308. The highest BCUT2D eigenvalue weighted by atomic mass is 35.5. The topological polar surface area (TPSA) is 138 Å². The van der Waals surface area contributed by atoms with Gasteiger partial charge in [-0.3, -0.25) is 14.4 Å². The maximum atomic E-state index is 14.6. The molecule has 0 bridgehead atoms. The predicted octanol–water partition coefficient (Wildman–Crippen LogP) is 2.61. The maximum absolute atomic E-state index is 14.6. The molecule has 2 unspecified atom stereocenters. The average Bonchev–Trinajstić information content (AvgIpc) is 3.40. The van der Waals surface area contributed by atoms with Gasteiger partial charge in [0.15, 0.2) is 17.4 Å². The number of hydrogen-bond donors (Lipinski definition) is 4. The molecule has 3 heterocycles. The second-order valence-corrected chi connectivity index (χ2v) is 11.4. The molecule has 3 aromatic rings. The van der Waals surface area contributed by atoms with Gasteiger partial charge in [-0.25, -0.2) is 9.37 Å². The highest BCUT2D eigenvalue weighted by Gasteiger charge is 2.58. The van der Waals surface area contributed by atoms with Gasteiger partial charge in [0, 0.05) is 55.8 Å². The standard InChI is InChI=1S/C29H29ClF2N6O5.ClH/c1-37-21(16-5-6-22(43-2)24(32)23(16)31)10-34-26(37)28(41)35-13-3-4-15(19(30)7-13)27(40)36-25-17-11-38(12-18(17)25)29(42)20-8-14(39)9-33-20;/h3-7,10,14,17-18,20,25,33,39H,8-9,11-12H2,1-2H3,(H,35,41)(H,36,40);1H/t14-,17?,18?,20+,25?;/m1./s1. The fraction of sp³-hybridized carbons (Fsp3) is 0.379. The number of aromatic nitrogens is 2. The van der Waals surface area contributed by atoms with E-state index in [0.29, 0.717) is 31.7 Å². The Balaban J connectivity index is 0.00000384. The van der Waals surface area contributed by atoms with Crippen molar-refractivity contribution in [3.8, 4) is 17.0 Å². The largest absolute Gasteiger partial charge is 0.494 e. The predicted molar refractivity (Wildman–Crippen MR) is 159 cm³/mol. The molecule has 1 aromatic heterocycles. The van der Waals surface area contributed by atoms with Crippen LogP contribution in [0.2, 0.25) is 5.02 Å². The number of likely N-dealkylation sites (tertiary alicyclic amines) is 1. The maximum Gasteiger partial charge on any atom is 0.291 e. The molecule has 4 N–H and O–H groups in total. The van der Waals surface area contributed by atoms with Crippen LogP contribution >= 0.6 is 24.0 Å². The first-order valence-electron chi connectivity index (χ1n) is 13.7. The summed E-state index contributed by atoms with van der Waals surface area (Å²) in [6, 6.07) is 6.66. The third kappa shape index (κ3) is 5.72. The second-order valence-electron chi connectivity index (χ2n) is 11.0. The first kappa shape index (κ1) is 31.6. The molecule has 3 aliphatic rings. The molecule has 1 saturated carbocycles. The number of β-amino-alcohol motifs (C(OH)–C–C–N with tert-alkyl or cyclic N) is 1. The first-order chi connectivity index (χ1) is 20.6. The molecule has 4 atom stereocenters. The van der Waals surface area contributed by atoms with E-state index in [9.17, 15) is 28.3 Å². The molecule has 6 rings (SSSR count). The van der Waals surface area contributed by atoms with Gasteiger partial charge in [0.05, 0.1) is 41.7 Å². The number of nitrogens with one attached hydrogen (secondary N) is 3. The number of ether oxygens (including phenoxy) is 1. The number of fused-ring (bicyclic) bond motifs is 1. The smallest absolute Gasteiger partial charge is 0.291 e. The molecular weight excluding hydrogens is 621 g/mol. The molecule has 1 aliphatic carbocycles. The van der Waals surface area contributed by atoms with E-state index in [1.54, 1.807) is 4.90 Å². The number of carbonyl (C=O) groups excluding carboxylic acids is 3. The van der Waals surface area contributed by atoms with Crippen LogP contribution in [0.3, 0.4) is 0 Å². The summed E-state index contributed by atoms with van der Waals surface area (Å²) in [7, 11) is 2.73. The summed E-state index contributed by atoms with van der Waals surface area (Å²) in [5.41, 5.74) is 0.634. The minimum Gasteiger partial charge on any atom is -0.494 e. The van der Waals surface area contributed by atoms with Crippen LogP contribution < -0.4 is 20.7 Å². The summed E-state index contributed by atoms with van der Waals surface area (Å²) >= 11 is 6.40. The number of piperidine rings is 1. The van der Waals surface area contributed by atoms with Gasteiger partial charge in [-0.1, -0.05) is 11.6 Å². The van der Waals surface area contributed by atoms with E-state index in [0.717, 1.165) is 0 Å². The Labute approximate surface area is 262 Å². The molecule has 3 amide bonds. The summed E-state index contributed by atoms with van der Waals surface area (Å²) in [4.78, 5) is 44.4. The van der Waals surface area contributed by atoms with Crippen LogP contribution in [-0.2, 0) is 11.8 Å². The Bertz CT molecular complexity index is 1630. The number of methoxy groups -OCH3 is 1. The molecule has 0 radical (unpaired) electrons. The molecule has 0 spiro atoms. The van der Waals surface area contributed by atoms with Crippen molar-refractivity contribution < 1.29 is 33.0 Å². The van der Waals surface area contributed by atoms with E-state index in [4.69, 9.17) is 16.3 Å². The van der Waals surface area contributed by atoms with Crippen LogP contribution in [0.1, 0.15) is 27.4 Å². The molecular formula is C29H30Cl2F2N6O5. The second kappa shape index (κ2) is 12.3. The number of imidazole rings is 1. The average molecular weight is 651 g/mol. The Morgan fingerprint density at radius 2 is 1.84 bits per heavy atom. The van der Waals surface area contributed by atoms with Gasteiger partial charge in [-0.2, -0.15) is 4.39 Å². The van der Waals surface area contributed by atoms with E-state index in [1.165, 1.54) is 55.3 Å². The van der Waals surface area contributed by atoms with Crippen molar-refractivity contribution in [1.29, 1.82) is 0 Å². The van der Waals surface area contributed by atoms with Gasteiger partial charge in [-0.15, -0.1) is 12.4 Å². The number of hydrogen-bond acceptors (Lipinski definition) is 7. The van der Waals surface area contributed by atoms with Crippen LogP contribution in [0.4, 0.5) is 14.5 Å². The summed E-state index contributed by atoms with van der Waals surface area (Å²) in [5, 5.41) is 18.5. The highest BCUT2D eigenvalue weighted by Crippen LogP contribution is 2.46. The number of rotatable bonds is 7. The number of aliphatic hydroxyl groups is 1. The zero-order valence-electron chi connectivity index (χ0n) is 23.6. The van der Waals surface area contributed by atoms with E-state index in [-0.39, 0.29) is 81.6 Å². The molecule has 234 valence electrons. The number of amides is 3. The fourth-order valence-electron chi connectivity index (χ4n) is 6.00. The van der Waals surface area contributed by atoms with Crippen molar-refractivity contribution in [3.05, 3.63) is 64.6 Å². The Morgan fingerprint density at radius 3 is 2.48 bits per heavy atom. The van der Waals surface area contributed by atoms with Crippen molar-refractivity contribution in [2.75, 3.05) is 32.1 Å². The van der Waals surface area contributed by atoms with E-state index < -0.39 is 23.6 Å². The minimum atomic E-state index is -1.15. The molecule has 2 saturated heterocycles. The van der Waals surface area contributed by atoms with Crippen molar-refractivity contribution in [3.63, 3.8) is 0 Å². The Kier molecular flexibility index (Phi) is 8.85. The van der Waals surface area contributed by atoms with Crippen LogP contribution in [0.5, 0.6) is 5.75 Å². The number of nitrogens with zero attached hydrogens (tertiary/aromatic N) is 3. The van der Waals surface area contributed by atoms with Crippen molar-refractivity contribution in [2.24, 2.45) is 18.9 Å². The number of anilines is 1. The molecule has 11 nitrogen and oxygen atoms in total. The monoisotopic (exact) mass is 650 g/mol. The molecule has 2 aliphatic heterocycles. The van der Waals surface area contributed by atoms with E-state index in [1.807, 2.05) is 0 Å². The zero-order valence-corrected chi connectivity index (χ0v) is 25.2. The van der Waals surface area contributed by atoms with E-state index >= 15 is 0 Å². The van der Waals surface area contributed by atoms with Crippen LogP contribution in [-0.4, -0.2) is 82.2 Å². The normalized spacial score (nSPS) is 23.5.